The fourth-order valence-electron chi connectivity index (χ4n) is 3.78. The fourth-order valence-corrected chi connectivity index (χ4v) is 3.78. The van der Waals surface area contributed by atoms with Gasteiger partial charge >= 0.3 is 0 Å². The quantitative estimate of drug-likeness (QED) is 0.566. The number of aromatic nitrogens is 2. The summed E-state index contributed by atoms with van der Waals surface area (Å²) in [5.41, 5.74) is 7.46. The van der Waals surface area contributed by atoms with Gasteiger partial charge in [-0.15, -0.1) is 0 Å². The number of amides is 1. The molecular formula is C20H18N4O3. The zero-order valence-corrected chi connectivity index (χ0v) is 14.6. The number of aromatic amines is 1. The number of carbonyl (C=O) groups is 2. The zero-order valence-electron chi connectivity index (χ0n) is 14.6. The average molecular weight is 362 g/mol. The predicted octanol–water partition coefficient (Wildman–Crippen LogP) is 1.68. The van der Waals surface area contributed by atoms with Crippen molar-refractivity contribution < 1.29 is 14.3 Å². The van der Waals surface area contributed by atoms with Crippen LogP contribution in [0.4, 0.5) is 0 Å². The molecule has 1 saturated heterocycles. The Morgan fingerprint density at radius 3 is 2.93 bits per heavy atom. The van der Waals surface area contributed by atoms with Crippen molar-refractivity contribution in [1.82, 2.24) is 20.4 Å². The summed E-state index contributed by atoms with van der Waals surface area (Å²) in [5, 5.41) is 2.70. The number of carbonyl (C=O) groups excluding carboxylic acids is 2. The molecule has 3 aromatic rings. The van der Waals surface area contributed by atoms with Gasteiger partial charge in [0, 0.05) is 59.6 Å². The van der Waals surface area contributed by atoms with E-state index >= 15 is 0 Å². The molecule has 0 unspecified atom stereocenters. The molecule has 1 fully saturated rings. The molecule has 1 aliphatic heterocycles. The van der Waals surface area contributed by atoms with Gasteiger partial charge in [0.15, 0.2) is 5.78 Å². The molecule has 1 aromatic carbocycles. The maximum absolute atomic E-state index is 12.9. The number of nitrogens with zero attached hydrogens (tertiary/aromatic N) is 2. The first-order chi connectivity index (χ1) is 13.2. The lowest BCUT2D eigenvalue weighted by molar-refractivity contribution is 0.0126. The summed E-state index contributed by atoms with van der Waals surface area (Å²) in [6.45, 7) is 2.57. The first kappa shape index (κ1) is 16.2. The first-order valence-corrected chi connectivity index (χ1v) is 8.96. The summed E-state index contributed by atoms with van der Waals surface area (Å²) in [6.07, 6.45) is 3.99. The lowest BCUT2D eigenvalue weighted by Crippen LogP contribution is -2.48. The second kappa shape index (κ2) is 6.29. The van der Waals surface area contributed by atoms with Gasteiger partial charge in [0.1, 0.15) is 0 Å². The van der Waals surface area contributed by atoms with Crippen LogP contribution in [0, 0.1) is 0 Å². The van der Waals surface area contributed by atoms with Crippen LogP contribution in [0.15, 0.2) is 36.7 Å². The molecule has 0 spiro atoms. The zero-order chi connectivity index (χ0) is 18.4. The van der Waals surface area contributed by atoms with Gasteiger partial charge in [-0.05, 0) is 23.8 Å². The molecule has 0 saturated carbocycles. The van der Waals surface area contributed by atoms with Crippen molar-refractivity contribution in [3.8, 4) is 0 Å². The average Bonchev–Trinajstić information content (AvgIpc) is 3.06. The molecule has 0 atom stereocenters. The molecule has 1 aliphatic carbocycles. The number of ketones is 1. The normalized spacial score (nSPS) is 16.8. The van der Waals surface area contributed by atoms with E-state index in [2.05, 4.69) is 15.4 Å². The minimum Gasteiger partial charge on any atom is -0.379 e. The molecule has 0 bridgehead atoms. The molecule has 3 heterocycles. The van der Waals surface area contributed by atoms with Gasteiger partial charge < -0.3 is 9.72 Å². The number of hydrogen-bond donors (Lipinski definition) is 2. The van der Waals surface area contributed by atoms with Crippen molar-refractivity contribution in [2.45, 2.75) is 6.42 Å². The molecule has 2 N–H and O–H groups in total. The van der Waals surface area contributed by atoms with Crippen molar-refractivity contribution in [3.63, 3.8) is 0 Å². The Balaban J connectivity index is 1.48. The number of nitrogens with one attached hydrogen (secondary N) is 2. The lowest BCUT2D eigenvalue weighted by atomic mass is 9.89. The molecule has 0 radical (unpaired) electrons. The number of benzene rings is 1. The highest BCUT2D eigenvalue weighted by Crippen LogP contribution is 2.32. The lowest BCUT2D eigenvalue weighted by Gasteiger charge is -2.26. The molecule has 5 rings (SSSR count). The molecule has 1 amide bonds. The van der Waals surface area contributed by atoms with Crippen LogP contribution < -0.4 is 5.43 Å². The second-order valence-corrected chi connectivity index (χ2v) is 6.82. The first-order valence-electron chi connectivity index (χ1n) is 8.96. The van der Waals surface area contributed by atoms with Gasteiger partial charge in [-0.2, -0.15) is 0 Å². The van der Waals surface area contributed by atoms with Gasteiger partial charge in [-0.3, -0.25) is 20.0 Å². The van der Waals surface area contributed by atoms with Crippen LogP contribution >= 0.6 is 0 Å². The number of rotatable bonds is 2. The second-order valence-electron chi connectivity index (χ2n) is 6.82. The van der Waals surface area contributed by atoms with Crippen LogP contribution in [0.2, 0.25) is 0 Å². The summed E-state index contributed by atoms with van der Waals surface area (Å²) in [5.74, 6) is -0.179. The van der Waals surface area contributed by atoms with Gasteiger partial charge in [0.05, 0.1) is 18.8 Å². The third-order valence-electron chi connectivity index (χ3n) is 5.16. The summed E-state index contributed by atoms with van der Waals surface area (Å²) in [7, 11) is 0. The SMILES string of the molecule is O=C(NN1CCOCC1)c1ccc2c3c([nH]c2c1)Cc1ccncc1C3=O. The fraction of sp³-hybridized carbons (Fsp3) is 0.250. The number of hydrazine groups is 1. The largest absolute Gasteiger partial charge is 0.379 e. The molecular weight excluding hydrogens is 344 g/mol. The standard InChI is InChI=1S/C20H18N4O3/c25-19-15-11-21-4-3-12(15)9-17-18(19)14-2-1-13(10-16(14)22-17)20(26)23-24-5-7-27-8-6-24/h1-4,10-11,22H,5-9H2,(H,23,26). The van der Waals surface area contributed by atoms with Crippen LogP contribution in [0.1, 0.15) is 37.5 Å². The van der Waals surface area contributed by atoms with E-state index in [9.17, 15) is 9.59 Å². The molecule has 27 heavy (non-hydrogen) atoms. The molecule has 2 aromatic heterocycles. The number of hydrogen-bond acceptors (Lipinski definition) is 5. The van der Waals surface area contributed by atoms with E-state index in [0.29, 0.717) is 49.4 Å². The Labute approximate surface area is 155 Å². The summed E-state index contributed by atoms with van der Waals surface area (Å²) in [4.78, 5) is 32.9. The Kier molecular flexibility index (Phi) is 3.77. The maximum atomic E-state index is 12.9. The number of pyridine rings is 1. The van der Waals surface area contributed by atoms with E-state index in [-0.39, 0.29) is 11.7 Å². The van der Waals surface area contributed by atoms with E-state index in [1.807, 2.05) is 17.1 Å². The topological polar surface area (TPSA) is 87.3 Å². The van der Waals surface area contributed by atoms with Crippen LogP contribution in [0.25, 0.3) is 10.9 Å². The Hall–Kier alpha value is -3.03. The van der Waals surface area contributed by atoms with Crippen molar-refractivity contribution in [2.24, 2.45) is 0 Å². The summed E-state index contributed by atoms with van der Waals surface area (Å²) >= 11 is 0. The number of ether oxygens (including phenoxy) is 1. The van der Waals surface area contributed by atoms with E-state index < -0.39 is 0 Å². The maximum Gasteiger partial charge on any atom is 0.265 e. The minimum atomic E-state index is -0.162. The van der Waals surface area contributed by atoms with E-state index in [0.717, 1.165) is 22.2 Å². The molecule has 2 aliphatic rings. The highest BCUT2D eigenvalue weighted by molar-refractivity contribution is 6.19. The number of fused-ring (bicyclic) bond motifs is 4. The Morgan fingerprint density at radius 2 is 2.07 bits per heavy atom. The third kappa shape index (κ3) is 2.72. The van der Waals surface area contributed by atoms with Crippen molar-refractivity contribution in [1.29, 1.82) is 0 Å². The van der Waals surface area contributed by atoms with Gasteiger partial charge in [0.2, 0.25) is 0 Å². The van der Waals surface area contributed by atoms with Crippen LogP contribution in [0.5, 0.6) is 0 Å². The molecule has 136 valence electrons. The smallest absolute Gasteiger partial charge is 0.265 e. The monoisotopic (exact) mass is 362 g/mol. The highest BCUT2D eigenvalue weighted by Gasteiger charge is 2.27. The Morgan fingerprint density at radius 1 is 1.22 bits per heavy atom. The molecule has 7 nitrogen and oxygen atoms in total. The van der Waals surface area contributed by atoms with Gasteiger partial charge in [-0.25, -0.2) is 5.01 Å². The number of morpholine rings is 1. The summed E-state index contributed by atoms with van der Waals surface area (Å²) in [6, 6.07) is 7.29. The summed E-state index contributed by atoms with van der Waals surface area (Å²) < 4.78 is 5.29. The number of H-pyrrole nitrogens is 1. The van der Waals surface area contributed by atoms with E-state index in [1.165, 1.54) is 0 Å². The van der Waals surface area contributed by atoms with Gasteiger partial charge in [-0.1, -0.05) is 6.07 Å². The minimum absolute atomic E-state index is 0.0175. The third-order valence-corrected chi connectivity index (χ3v) is 5.16. The van der Waals surface area contributed by atoms with Crippen molar-refractivity contribution in [2.75, 3.05) is 26.3 Å². The van der Waals surface area contributed by atoms with Gasteiger partial charge in [0.25, 0.3) is 5.91 Å². The van der Waals surface area contributed by atoms with Crippen LogP contribution in [0.3, 0.4) is 0 Å². The van der Waals surface area contributed by atoms with Crippen molar-refractivity contribution in [3.05, 3.63) is 64.6 Å². The highest BCUT2D eigenvalue weighted by atomic mass is 16.5. The van der Waals surface area contributed by atoms with Crippen molar-refractivity contribution >= 4 is 22.6 Å². The molecule has 7 heteroatoms. The predicted molar refractivity (Wildman–Crippen MR) is 98.6 cm³/mol. The van der Waals surface area contributed by atoms with E-state index in [4.69, 9.17) is 4.74 Å². The van der Waals surface area contributed by atoms with Crippen LogP contribution in [-0.2, 0) is 11.2 Å². The Bertz CT molecular complexity index is 1070. The van der Waals surface area contributed by atoms with E-state index in [1.54, 1.807) is 24.5 Å². The van der Waals surface area contributed by atoms with Crippen LogP contribution in [-0.4, -0.2) is 53.0 Å².